The molecule has 0 radical (unpaired) electrons. The molecule has 0 saturated carbocycles. The molecule has 0 spiro atoms. The summed E-state index contributed by atoms with van der Waals surface area (Å²) in [5.74, 6) is 0.433. The zero-order valence-electron chi connectivity index (χ0n) is 10.5. The van der Waals surface area contributed by atoms with Crippen molar-refractivity contribution in [2.24, 2.45) is 0 Å². The molecule has 3 aromatic rings. The molecule has 2 heteroatoms. The average molecular weight is 246 g/mol. The lowest BCUT2D eigenvalue weighted by Crippen LogP contribution is -2.11. The monoisotopic (exact) mass is 246 g/mol. The zero-order chi connectivity index (χ0) is 12.7. The Balaban J connectivity index is 1.93. The van der Waals surface area contributed by atoms with Crippen LogP contribution in [0.3, 0.4) is 0 Å². The van der Waals surface area contributed by atoms with Crippen molar-refractivity contribution in [2.75, 3.05) is 0 Å². The van der Waals surface area contributed by atoms with E-state index in [0.717, 1.165) is 6.42 Å². The van der Waals surface area contributed by atoms with Gasteiger partial charge in [0.25, 0.3) is 0 Å². The van der Waals surface area contributed by atoms with E-state index in [9.17, 15) is 0 Å². The van der Waals surface area contributed by atoms with E-state index in [2.05, 4.69) is 64.8 Å². The number of nitrogens with one attached hydrogen (secondary N) is 1. The minimum Gasteiger partial charge on any atom is -0.278 e. The number of rotatable bonds is 1. The lowest BCUT2D eigenvalue weighted by Gasteiger charge is -2.25. The highest BCUT2D eigenvalue weighted by molar-refractivity contribution is 5.71. The van der Waals surface area contributed by atoms with Crippen molar-refractivity contribution in [1.29, 1.82) is 0 Å². The molecule has 92 valence electrons. The fourth-order valence-electron chi connectivity index (χ4n) is 3.04. The van der Waals surface area contributed by atoms with Crippen molar-refractivity contribution in [2.45, 2.75) is 12.3 Å². The van der Waals surface area contributed by atoms with E-state index in [1.807, 2.05) is 6.20 Å². The first kappa shape index (κ1) is 10.6. The van der Waals surface area contributed by atoms with Crippen LogP contribution in [0.15, 0.2) is 60.8 Å². The number of aromatic nitrogens is 2. The van der Waals surface area contributed by atoms with Crippen LogP contribution in [-0.4, -0.2) is 10.2 Å². The van der Waals surface area contributed by atoms with Crippen LogP contribution in [0.2, 0.25) is 0 Å². The van der Waals surface area contributed by atoms with Gasteiger partial charge in [-0.1, -0.05) is 54.6 Å². The molecule has 1 aliphatic rings. The van der Waals surface area contributed by atoms with Gasteiger partial charge in [0, 0.05) is 11.5 Å². The molecule has 19 heavy (non-hydrogen) atoms. The summed E-state index contributed by atoms with van der Waals surface area (Å²) in [5.41, 5.74) is 6.55. The minimum absolute atomic E-state index is 0.433. The number of aromatic amines is 1. The molecule has 0 fully saturated rings. The van der Waals surface area contributed by atoms with Gasteiger partial charge in [0.1, 0.15) is 0 Å². The lowest BCUT2D eigenvalue weighted by molar-refractivity contribution is 0.794. The molecule has 0 saturated heterocycles. The normalized spacial score (nSPS) is 16.7. The summed E-state index contributed by atoms with van der Waals surface area (Å²) in [4.78, 5) is 0. The summed E-state index contributed by atoms with van der Waals surface area (Å²) in [7, 11) is 0. The number of fused-ring (bicyclic) bond motifs is 3. The van der Waals surface area contributed by atoms with Crippen molar-refractivity contribution in [3.05, 3.63) is 77.5 Å². The van der Waals surface area contributed by atoms with Crippen molar-refractivity contribution in [1.82, 2.24) is 10.2 Å². The predicted molar refractivity (Wildman–Crippen MR) is 76.0 cm³/mol. The predicted octanol–water partition coefficient (Wildman–Crippen LogP) is 3.76. The first-order chi connectivity index (χ1) is 9.43. The molecule has 1 heterocycles. The fourth-order valence-corrected chi connectivity index (χ4v) is 3.04. The topological polar surface area (TPSA) is 28.7 Å². The van der Waals surface area contributed by atoms with Crippen molar-refractivity contribution in [3.8, 4) is 11.3 Å². The largest absolute Gasteiger partial charge is 0.278 e. The number of H-pyrrole nitrogens is 1. The van der Waals surface area contributed by atoms with Crippen LogP contribution in [0.25, 0.3) is 11.3 Å². The molecular weight excluding hydrogens is 232 g/mol. The van der Waals surface area contributed by atoms with E-state index in [4.69, 9.17) is 0 Å². The third-order valence-electron chi connectivity index (χ3n) is 3.95. The summed E-state index contributed by atoms with van der Waals surface area (Å²) in [5, 5.41) is 7.34. The van der Waals surface area contributed by atoms with Crippen LogP contribution in [0, 0.1) is 0 Å². The molecule has 4 rings (SSSR count). The van der Waals surface area contributed by atoms with Crippen molar-refractivity contribution >= 4 is 0 Å². The van der Waals surface area contributed by atoms with Crippen molar-refractivity contribution < 1.29 is 0 Å². The Bertz CT molecular complexity index is 713. The number of hydrogen-bond donors (Lipinski definition) is 1. The summed E-state index contributed by atoms with van der Waals surface area (Å²) >= 11 is 0. The molecular formula is C17H14N2. The standard InChI is InChI=1S/C17H14N2/c1-2-6-12(7-3-1)16-10-13-11-18-19-17(13)15-9-5-4-8-14(15)16/h1-9,11,16H,10H2,(H,18,19). The molecule has 0 bridgehead atoms. The van der Waals surface area contributed by atoms with Crippen LogP contribution < -0.4 is 0 Å². The van der Waals surface area contributed by atoms with Crippen LogP contribution in [0.5, 0.6) is 0 Å². The van der Waals surface area contributed by atoms with E-state index in [-0.39, 0.29) is 0 Å². The van der Waals surface area contributed by atoms with Gasteiger partial charge < -0.3 is 0 Å². The van der Waals surface area contributed by atoms with Gasteiger partial charge in [0.2, 0.25) is 0 Å². The minimum atomic E-state index is 0.433. The molecule has 1 N–H and O–H groups in total. The van der Waals surface area contributed by atoms with Gasteiger partial charge in [-0.05, 0) is 23.1 Å². The molecule has 1 aromatic heterocycles. The van der Waals surface area contributed by atoms with Gasteiger partial charge in [-0.15, -0.1) is 0 Å². The first-order valence-corrected chi connectivity index (χ1v) is 6.60. The molecule has 0 aliphatic heterocycles. The lowest BCUT2D eigenvalue weighted by atomic mass is 9.78. The first-order valence-electron chi connectivity index (χ1n) is 6.60. The maximum Gasteiger partial charge on any atom is 0.0685 e. The van der Waals surface area contributed by atoms with Gasteiger partial charge >= 0.3 is 0 Å². The number of hydrogen-bond acceptors (Lipinski definition) is 1. The Hall–Kier alpha value is -2.35. The maximum absolute atomic E-state index is 4.21. The second kappa shape index (κ2) is 4.09. The molecule has 1 unspecified atom stereocenters. The van der Waals surface area contributed by atoms with E-state index < -0.39 is 0 Å². The van der Waals surface area contributed by atoms with Gasteiger partial charge in [0.15, 0.2) is 0 Å². The summed E-state index contributed by atoms with van der Waals surface area (Å²) in [6, 6.07) is 19.4. The number of benzene rings is 2. The van der Waals surface area contributed by atoms with Gasteiger partial charge in [-0.3, -0.25) is 5.10 Å². The van der Waals surface area contributed by atoms with Gasteiger partial charge in [-0.2, -0.15) is 5.10 Å². The van der Waals surface area contributed by atoms with Gasteiger partial charge in [0.05, 0.1) is 11.9 Å². The highest BCUT2D eigenvalue weighted by atomic mass is 15.1. The molecule has 0 amide bonds. The van der Waals surface area contributed by atoms with E-state index in [0.29, 0.717) is 5.92 Å². The Morgan fingerprint density at radius 3 is 2.63 bits per heavy atom. The Labute approximate surface area is 112 Å². The Morgan fingerprint density at radius 1 is 0.947 bits per heavy atom. The molecule has 1 atom stereocenters. The highest BCUT2D eigenvalue weighted by Gasteiger charge is 2.26. The van der Waals surface area contributed by atoms with Crippen LogP contribution in [0.4, 0.5) is 0 Å². The smallest absolute Gasteiger partial charge is 0.0685 e. The molecule has 2 nitrogen and oxygen atoms in total. The second-order valence-corrected chi connectivity index (χ2v) is 5.02. The van der Waals surface area contributed by atoms with Gasteiger partial charge in [-0.25, -0.2) is 0 Å². The number of nitrogens with zero attached hydrogens (tertiary/aromatic N) is 1. The Morgan fingerprint density at radius 2 is 1.74 bits per heavy atom. The third-order valence-corrected chi connectivity index (χ3v) is 3.95. The summed E-state index contributed by atoms with van der Waals surface area (Å²) in [6.07, 6.45) is 2.98. The zero-order valence-corrected chi connectivity index (χ0v) is 10.5. The molecule has 2 aromatic carbocycles. The van der Waals surface area contributed by atoms with Crippen molar-refractivity contribution in [3.63, 3.8) is 0 Å². The van der Waals surface area contributed by atoms with E-state index in [1.54, 1.807) is 0 Å². The van der Waals surface area contributed by atoms with Crippen LogP contribution in [-0.2, 0) is 6.42 Å². The van der Waals surface area contributed by atoms with Crippen LogP contribution >= 0.6 is 0 Å². The summed E-state index contributed by atoms with van der Waals surface area (Å²) in [6.45, 7) is 0. The molecule has 1 aliphatic carbocycles. The Kier molecular flexibility index (Phi) is 2.27. The SMILES string of the molecule is c1ccc(C2Cc3cn[nH]c3-c3ccccc32)cc1. The van der Waals surface area contributed by atoms with E-state index >= 15 is 0 Å². The van der Waals surface area contributed by atoms with E-state index in [1.165, 1.54) is 27.9 Å². The third kappa shape index (κ3) is 1.60. The quantitative estimate of drug-likeness (QED) is 0.695. The average Bonchev–Trinajstić information content (AvgIpc) is 2.96. The second-order valence-electron chi connectivity index (χ2n) is 5.02. The van der Waals surface area contributed by atoms with Crippen LogP contribution in [0.1, 0.15) is 22.6 Å². The summed E-state index contributed by atoms with van der Waals surface area (Å²) < 4.78 is 0. The highest BCUT2D eigenvalue weighted by Crippen LogP contribution is 2.41. The maximum atomic E-state index is 4.21. The fraction of sp³-hybridized carbons (Fsp3) is 0.118.